The number of H-pyrrole nitrogens is 2. The van der Waals surface area contributed by atoms with Crippen LogP contribution in [0.15, 0.2) is 65.7 Å². The second-order valence-electron chi connectivity index (χ2n) is 7.04. The Morgan fingerprint density at radius 1 is 1.11 bits per heavy atom. The van der Waals surface area contributed by atoms with Gasteiger partial charge in [0, 0.05) is 46.5 Å². The van der Waals surface area contributed by atoms with E-state index < -0.39 is 0 Å². The third kappa shape index (κ3) is 2.97. The Labute approximate surface area is 163 Å². The van der Waals surface area contributed by atoms with Crippen molar-refractivity contribution in [3.05, 3.63) is 83.3 Å². The molecule has 0 saturated heterocycles. The fourth-order valence-electron chi connectivity index (χ4n) is 4.22. The normalized spacial score (nSPS) is 17.3. The summed E-state index contributed by atoms with van der Waals surface area (Å²) >= 11 is 1.78. The second kappa shape index (κ2) is 6.91. The summed E-state index contributed by atoms with van der Waals surface area (Å²) in [6, 6.07) is 20.0. The topological polar surface area (TPSA) is 47.7 Å². The SMILES string of the molecule is CSc1ccc([C@H]2c3[nH]c4ccccc4c3CCN2Cc2ccn[nH]2)cc1. The average Bonchev–Trinajstić information content (AvgIpc) is 3.35. The molecule has 5 heteroatoms. The summed E-state index contributed by atoms with van der Waals surface area (Å²) in [4.78, 5) is 7.57. The molecule has 4 nitrogen and oxygen atoms in total. The van der Waals surface area contributed by atoms with Crippen LogP contribution in [-0.2, 0) is 13.0 Å². The minimum atomic E-state index is 0.223. The summed E-state index contributed by atoms with van der Waals surface area (Å²) in [5, 5.41) is 8.61. The van der Waals surface area contributed by atoms with Gasteiger partial charge in [0.25, 0.3) is 0 Å². The van der Waals surface area contributed by atoms with Crippen molar-refractivity contribution in [3.8, 4) is 0 Å². The molecule has 27 heavy (non-hydrogen) atoms. The molecule has 0 spiro atoms. The lowest BCUT2D eigenvalue weighted by atomic mass is 9.92. The first-order valence-electron chi connectivity index (χ1n) is 9.29. The van der Waals surface area contributed by atoms with Crippen LogP contribution in [0.4, 0.5) is 0 Å². The molecule has 0 amide bonds. The Bertz CT molecular complexity index is 1050. The number of nitrogens with zero attached hydrogens (tertiary/aromatic N) is 2. The number of fused-ring (bicyclic) bond motifs is 3. The molecule has 0 radical (unpaired) electrons. The summed E-state index contributed by atoms with van der Waals surface area (Å²) in [5.41, 5.74) is 6.51. The number of hydrogen-bond donors (Lipinski definition) is 2. The highest BCUT2D eigenvalue weighted by Crippen LogP contribution is 2.39. The fourth-order valence-corrected chi connectivity index (χ4v) is 4.62. The van der Waals surface area contributed by atoms with Gasteiger partial charge in [-0.25, -0.2) is 0 Å². The summed E-state index contributed by atoms with van der Waals surface area (Å²) in [7, 11) is 0. The molecule has 5 rings (SSSR count). The highest BCUT2D eigenvalue weighted by Gasteiger charge is 2.31. The van der Waals surface area contributed by atoms with Crippen LogP contribution >= 0.6 is 11.8 Å². The van der Waals surface area contributed by atoms with Gasteiger partial charge in [-0.05, 0) is 48.1 Å². The monoisotopic (exact) mass is 374 g/mol. The lowest BCUT2D eigenvalue weighted by Crippen LogP contribution is -2.35. The van der Waals surface area contributed by atoms with Gasteiger partial charge in [-0.1, -0.05) is 30.3 Å². The van der Waals surface area contributed by atoms with Gasteiger partial charge in [-0.15, -0.1) is 11.8 Å². The summed E-state index contributed by atoms with van der Waals surface area (Å²) < 4.78 is 0. The van der Waals surface area contributed by atoms with Gasteiger partial charge in [0.05, 0.1) is 6.04 Å². The summed E-state index contributed by atoms with van der Waals surface area (Å²) in [6.07, 6.45) is 5.01. The van der Waals surface area contributed by atoms with Crippen molar-refractivity contribution >= 4 is 22.7 Å². The Kier molecular flexibility index (Phi) is 4.26. The molecular formula is C22H22N4S. The van der Waals surface area contributed by atoms with E-state index in [0.717, 1.165) is 25.2 Å². The molecule has 1 aliphatic rings. The Hall–Kier alpha value is -2.50. The number of rotatable bonds is 4. The van der Waals surface area contributed by atoms with E-state index >= 15 is 0 Å². The van der Waals surface area contributed by atoms with Crippen LogP contribution in [0, 0.1) is 0 Å². The van der Waals surface area contributed by atoms with Crippen LogP contribution in [0.5, 0.6) is 0 Å². The van der Waals surface area contributed by atoms with Crippen LogP contribution in [-0.4, -0.2) is 32.9 Å². The van der Waals surface area contributed by atoms with E-state index in [0.29, 0.717) is 0 Å². The van der Waals surface area contributed by atoms with E-state index in [1.54, 1.807) is 11.8 Å². The Morgan fingerprint density at radius 3 is 2.74 bits per heavy atom. The molecular weight excluding hydrogens is 352 g/mol. The van der Waals surface area contributed by atoms with Crippen molar-refractivity contribution < 1.29 is 0 Å². The third-order valence-corrected chi connectivity index (χ3v) is 6.24. The zero-order valence-corrected chi connectivity index (χ0v) is 16.1. The first-order chi connectivity index (χ1) is 13.3. The van der Waals surface area contributed by atoms with Crippen LogP contribution in [0.25, 0.3) is 10.9 Å². The largest absolute Gasteiger partial charge is 0.357 e. The minimum absolute atomic E-state index is 0.223. The fraction of sp³-hybridized carbons (Fsp3) is 0.227. The first kappa shape index (κ1) is 16.7. The van der Waals surface area contributed by atoms with Crippen molar-refractivity contribution in [2.24, 2.45) is 0 Å². The molecule has 1 atom stereocenters. The number of aromatic nitrogens is 3. The maximum absolute atomic E-state index is 4.12. The zero-order valence-electron chi connectivity index (χ0n) is 15.3. The Balaban J connectivity index is 1.62. The number of para-hydroxylation sites is 1. The van der Waals surface area contributed by atoms with Gasteiger partial charge >= 0.3 is 0 Å². The number of nitrogens with one attached hydrogen (secondary N) is 2. The highest BCUT2D eigenvalue weighted by molar-refractivity contribution is 7.98. The quantitative estimate of drug-likeness (QED) is 0.506. The molecule has 2 aromatic heterocycles. The van der Waals surface area contributed by atoms with Gasteiger partial charge in [-0.2, -0.15) is 5.10 Å². The molecule has 3 heterocycles. The number of aromatic amines is 2. The van der Waals surface area contributed by atoms with Crippen molar-refractivity contribution in [2.45, 2.75) is 23.9 Å². The molecule has 0 bridgehead atoms. The van der Waals surface area contributed by atoms with Gasteiger partial charge < -0.3 is 4.98 Å². The van der Waals surface area contributed by atoms with Crippen LogP contribution in [0.3, 0.4) is 0 Å². The summed E-state index contributed by atoms with van der Waals surface area (Å²) in [5.74, 6) is 0. The van der Waals surface area contributed by atoms with Gasteiger partial charge in [0.1, 0.15) is 0 Å². The maximum Gasteiger partial charge on any atom is 0.0760 e. The molecule has 4 aromatic rings. The lowest BCUT2D eigenvalue weighted by Gasteiger charge is -2.36. The lowest BCUT2D eigenvalue weighted by molar-refractivity contribution is 0.199. The standard InChI is InChI=1S/C22H22N4S/c1-27-17-8-6-15(7-9-17)22-21-19(18-4-2-3-5-20(18)24-21)11-13-26(22)14-16-10-12-23-25-16/h2-10,12,22,24H,11,13-14H2,1H3,(H,23,25)/t22-/m0/s1. The number of benzene rings is 2. The van der Waals surface area contributed by atoms with E-state index in [-0.39, 0.29) is 6.04 Å². The smallest absolute Gasteiger partial charge is 0.0760 e. The van der Waals surface area contributed by atoms with Crippen molar-refractivity contribution in [3.63, 3.8) is 0 Å². The molecule has 0 fully saturated rings. The third-order valence-electron chi connectivity index (χ3n) is 5.50. The molecule has 2 aromatic carbocycles. The number of thioether (sulfide) groups is 1. The van der Waals surface area contributed by atoms with Gasteiger partial charge in [0.2, 0.25) is 0 Å². The van der Waals surface area contributed by atoms with Gasteiger partial charge in [-0.3, -0.25) is 10.00 Å². The van der Waals surface area contributed by atoms with E-state index in [1.807, 2.05) is 6.20 Å². The van der Waals surface area contributed by atoms with E-state index in [2.05, 4.69) is 80.9 Å². The minimum Gasteiger partial charge on any atom is -0.357 e. The molecule has 1 aliphatic heterocycles. The number of hydrogen-bond acceptors (Lipinski definition) is 3. The predicted molar refractivity (Wildman–Crippen MR) is 111 cm³/mol. The van der Waals surface area contributed by atoms with Crippen molar-refractivity contribution in [1.29, 1.82) is 0 Å². The van der Waals surface area contributed by atoms with Crippen molar-refractivity contribution in [2.75, 3.05) is 12.8 Å². The molecule has 0 saturated carbocycles. The van der Waals surface area contributed by atoms with Crippen LogP contribution in [0.1, 0.15) is 28.6 Å². The van der Waals surface area contributed by atoms with Crippen LogP contribution in [0.2, 0.25) is 0 Å². The maximum atomic E-state index is 4.12. The zero-order chi connectivity index (χ0) is 18.2. The van der Waals surface area contributed by atoms with Gasteiger partial charge in [0.15, 0.2) is 0 Å². The van der Waals surface area contributed by atoms with Crippen molar-refractivity contribution in [1.82, 2.24) is 20.1 Å². The molecule has 136 valence electrons. The summed E-state index contributed by atoms with van der Waals surface area (Å²) in [6.45, 7) is 1.90. The van der Waals surface area contributed by atoms with E-state index in [1.165, 1.54) is 32.6 Å². The Morgan fingerprint density at radius 2 is 1.96 bits per heavy atom. The molecule has 2 N–H and O–H groups in total. The molecule has 0 unspecified atom stereocenters. The van der Waals surface area contributed by atoms with E-state index in [9.17, 15) is 0 Å². The molecule has 0 aliphatic carbocycles. The highest BCUT2D eigenvalue weighted by atomic mass is 32.2. The van der Waals surface area contributed by atoms with E-state index in [4.69, 9.17) is 0 Å². The van der Waals surface area contributed by atoms with Crippen LogP contribution < -0.4 is 0 Å². The first-order valence-corrected chi connectivity index (χ1v) is 10.5. The average molecular weight is 375 g/mol. The predicted octanol–water partition coefficient (Wildman–Crippen LogP) is 4.76. The second-order valence-corrected chi connectivity index (χ2v) is 7.92.